The fourth-order valence-corrected chi connectivity index (χ4v) is 3.78. The molecule has 1 N–H and O–H groups in total. The zero-order valence-corrected chi connectivity index (χ0v) is 17.2. The lowest BCUT2D eigenvalue weighted by atomic mass is 10.2. The molecule has 29 heavy (non-hydrogen) atoms. The highest BCUT2D eigenvalue weighted by Gasteiger charge is 2.18. The van der Waals surface area contributed by atoms with Gasteiger partial charge in [-0.15, -0.1) is 0 Å². The summed E-state index contributed by atoms with van der Waals surface area (Å²) >= 11 is 0. The Morgan fingerprint density at radius 3 is 2.21 bits per heavy atom. The van der Waals surface area contributed by atoms with Crippen LogP contribution in [0.25, 0.3) is 0 Å². The number of likely N-dealkylation sites (N-methyl/N-ethyl adjacent to an activating group) is 1. The molecule has 2 saturated heterocycles. The number of anilines is 4. The van der Waals surface area contributed by atoms with E-state index in [9.17, 15) is 4.79 Å². The van der Waals surface area contributed by atoms with E-state index in [1.54, 1.807) is 4.90 Å². The third-order valence-electron chi connectivity index (χ3n) is 5.62. The normalized spacial score (nSPS) is 18.1. The molecule has 0 atom stereocenters. The zero-order valence-electron chi connectivity index (χ0n) is 17.2. The van der Waals surface area contributed by atoms with E-state index in [-0.39, 0.29) is 0 Å². The van der Waals surface area contributed by atoms with Crippen LogP contribution in [0.3, 0.4) is 0 Å². The molecule has 0 radical (unpaired) electrons. The van der Waals surface area contributed by atoms with Gasteiger partial charge in [-0.3, -0.25) is 4.79 Å². The Morgan fingerprint density at radius 2 is 1.55 bits per heavy atom. The maximum absolute atomic E-state index is 10.9. The van der Waals surface area contributed by atoms with Gasteiger partial charge in [0.2, 0.25) is 12.4 Å². The van der Waals surface area contributed by atoms with Crippen LogP contribution in [0.5, 0.6) is 0 Å². The molecule has 8 heteroatoms. The average molecular weight is 396 g/mol. The van der Waals surface area contributed by atoms with Gasteiger partial charge in [-0.25, -0.2) is 4.98 Å². The molecule has 2 aliphatic rings. The lowest BCUT2D eigenvalue weighted by Gasteiger charge is -2.34. The largest absolute Gasteiger partial charge is 0.369 e. The van der Waals surface area contributed by atoms with E-state index >= 15 is 0 Å². The topological polar surface area (TPSA) is 67.8 Å². The van der Waals surface area contributed by atoms with Crippen molar-refractivity contribution in [3.8, 4) is 0 Å². The Hall–Kier alpha value is -2.87. The second-order valence-electron chi connectivity index (χ2n) is 7.78. The Labute approximate surface area is 172 Å². The lowest BCUT2D eigenvalue weighted by Crippen LogP contribution is -2.46. The summed E-state index contributed by atoms with van der Waals surface area (Å²) in [4.78, 5) is 29.0. The third kappa shape index (κ3) is 4.76. The third-order valence-corrected chi connectivity index (χ3v) is 5.62. The van der Waals surface area contributed by atoms with Crippen LogP contribution in [0.15, 0.2) is 30.3 Å². The molecule has 1 aromatic heterocycles. The van der Waals surface area contributed by atoms with Crippen molar-refractivity contribution in [1.29, 1.82) is 0 Å². The molecule has 2 aromatic rings. The van der Waals surface area contributed by atoms with Gasteiger partial charge in [-0.2, -0.15) is 4.98 Å². The summed E-state index contributed by atoms with van der Waals surface area (Å²) < 4.78 is 0. The highest BCUT2D eigenvalue weighted by molar-refractivity contribution is 5.60. The molecule has 1 amide bonds. The molecule has 0 aliphatic carbocycles. The molecule has 8 nitrogen and oxygen atoms in total. The second kappa shape index (κ2) is 8.65. The first-order valence-corrected chi connectivity index (χ1v) is 10.2. The Balaban J connectivity index is 1.42. The fraction of sp³-hybridized carbons (Fsp3) is 0.476. The second-order valence-corrected chi connectivity index (χ2v) is 7.78. The molecule has 3 heterocycles. The van der Waals surface area contributed by atoms with Gasteiger partial charge in [0.1, 0.15) is 5.82 Å². The van der Waals surface area contributed by atoms with Crippen LogP contribution in [0.2, 0.25) is 0 Å². The van der Waals surface area contributed by atoms with Gasteiger partial charge in [0.15, 0.2) is 0 Å². The predicted molar refractivity (Wildman–Crippen MR) is 116 cm³/mol. The van der Waals surface area contributed by atoms with Crippen molar-refractivity contribution in [2.75, 3.05) is 74.5 Å². The molecule has 4 rings (SSSR count). The van der Waals surface area contributed by atoms with E-state index in [0.29, 0.717) is 5.95 Å². The monoisotopic (exact) mass is 395 g/mol. The summed E-state index contributed by atoms with van der Waals surface area (Å²) in [5.41, 5.74) is 3.15. The van der Waals surface area contributed by atoms with Crippen LogP contribution in [0, 0.1) is 6.92 Å². The first-order valence-electron chi connectivity index (χ1n) is 10.2. The highest BCUT2D eigenvalue weighted by Crippen LogP contribution is 2.23. The smallest absolute Gasteiger partial charge is 0.229 e. The fourth-order valence-electron chi connectivity index (χ4n) is 3.78. The molecule has 0 unspecified atom stereocenters. The summed E-state index contributed by atoms with van der Waals surface area (Å²) in [5, 5.41) is 3.34. The van der Waals surface area contributed by atoms with Crippen molar-refractivity contribution in [2.24, 2.45) is 0 Å². The van der Waals surface area contributed by atoms with E-state index in [1.807, 2.05) is 13.0 Å². The molecule has 0 bridgehead atoms. The van der Waals surface area contributed by atoms with Crippen molar-refractivity contribution in [3.05, 3.63) is 36.0 Å². The predicted octanol–water partition coefficient (Wildman–Crippen LogP) is 1.56. The first kappa shape index (κ1) is 19.4. The van der Waals surface area contributed by atoms with Gasteiger partial charge in [0, 0.05) is 75.5 Å². The molecule has 0 saturated carbocycles. The van der Waals surface area contributed by atoms with Crippen molar-refractivity contribution in [1.82, 2.24) is 19.8 Å². The maximum atomic E-state index is 10.9. The molecular weight excluding hydrogens is 366 g/mol. The zero-order chi connectivity index (χ0) is 20.2. The van der Waals surface area contributed by atoms with Gasteiger partial charge >= 0.3 is 0 Å². The number of aromatic nitrogens is 2. The number of carbonyl (C=O) groups is 1. The van der Waals surface area contributed by atoms with Crippen LogP contribution in [0.4, 0.5) is 23.1 Å². The summed E-state index contributed by atoms with van der Waals surface area (Å²) in [6.45, 7) is 9.32. The summed E-state index contributed by atoms with van der Waals surface area (Å²) in [6, 6.07) is 10.5. The Bertz CT molecular complexity index is 825. The molecule has 2 fully saturated rings. The highest BCUT2D eigenvalue weighted by atomic mass is 16.1. The van der Waals surface area contributed by atoms with Crippen molar-refractivity contribution < 1.29 is 4.79 Å². The first-order chi connectivity index (χ1) is 14.1. The number of aryl methyl sites for hydroxylation is 1. The molecular formula is C21H29N7O. The molecule has 1 aromatic carbocycles. The number of benzene rings is 1. The number of rotatable bonds is 5. The van der Waals surface area contributed by atoms with Crippen LogP contribution >= 0.6 is 0 Å². The van der Waals surface area contributed by atoms with E-state index < -0.39 is 0 Å². The SMILES string of the molecule is Cc1cc(N2CCN(C=O)CC2)nc(Nc2ccc(N3CCN(C)CC3)cc2)n1. The molecule has 0 spiro atoms. The Morgan fingerprint density at radius 1 is 0.897 bits per heavy atom. The van der Waals surface area contributed by atoms with Crippen LogP contribution < -0.4 is 15.1 Å². The van der Waals surface area contributed by atoms with Gasteiger partial charge in [0.05, 0.1) is 0 Å². The van der Waals surface area contributed by atoms with Gasteiger partial charge < -0.3 is 24.9 Å². The Kier molecular flexibility index (Phi) is 5.80. The van der Waals surface area contributed by atoms with Crippen LogP contribution in [-0.4, -0.2) is 85.6 Å². The lowest BCUT2D eigenvalue weighted by molar-refractivity contribution is -0.118. The minimum absolute atomic E-state index is 0.602. The average Bonchev–Trinajstić information content (AvgIpc) is 2.75. The standard InChI is InChI=1S/C21H29N7O/c1-17-15-20(28-13-9-26(16-29)10-14-28)24-21(22-17)23-18-3-5-19(6-4-18)27-11-7-25(2)8-12-27/h3-6,15-16H,7-14H2,1-2H3,(H,22,23,24). The maximum Gasteiger partial charge on any atom is 0.229 e. The number of hydrogen-bond acceptors (Lipinski definition) is 7. The number of piperazine rings is 2. The van der Waals surface area contributed by atoms with Crippen molar-refractivity contribution in [3.63, 3.8) is 0 Å². The quantitative estimate of drug-likeness (QED) is 0.771. The van der Waals surface area contributed by atoms with E-state index in [0.717, 1.165) is 76.0 Å². The number of carbonyl (C=O) groups excluding carboxylic acids is 1. The van der Waals surface area contributed by atoms with Crippen molar-refractivity contribution >= 4 is 29.6 Å². The number of nitrogens with zero attached hydrogens (tertiary/aromatic N) is 6. The van der Waals surface area contributed by atoms with Crippen LogP contribution in [-0.2, 0) is 4.79 Å². The van der Waals surface area contributed by atoms with Crippen molar-refractivity contribution in [2.45, 2.75) is 6.92 Å². The van der Waals surface area contributed by atoms with Crippen LogP contribution in [0.1, 0.15) is 5.69 Å². The molecule has 154 valence electrons. The minimum Gasteiger partial charge on any atom is -0.369 e. The summed E-state index contributed by atoms with van der Waals surface area (Å²) in [7, 11) is 2.17. The number of hydrogen-bond donors (Lipinski definition) is 1. The van der Waals surface area contributed by atoms with E-state index in [4.69, 9.17) is 4.98 Å². The van der Waals surface area contributed by atoms with E-state index in [1.165, 1.54) is 5.69 Å². The van der Waals surface area contributed by atoms with Gasteiger partial charge in [0.25, 0.3) is 0 Å². The minimum atomic E-state index is 0.602. The molecule has 2 aliphatic heterocycles. The number of amides is 1. The summed E-state index contributed by atoms with van der Waals surface area (Å²) in [6.07, 6.45) is 0.918. The van der Waals surface area contributed by atoms with Gasteiger partial charge in [-0.1, -0.05) is 0 Å². The number of nitrogens with one attached hydrogen (secondary N) is 1. The summed E-state index contributed by atoms with van der Waals surface area (Å²) in [5.74, 6) is 1.50. The van der Waals surface area contributed by atoms with E-state index in [2.05, 4.69) is 56.3 Å². The van der Waals surface area contributed by atoms with Gasteiger partial charge in [-0.05, 0) is 38.2 Å².